The molecule has 0 atom stereocenters. The van der Waals surface area contributed by atoms with Crippen LogP contribution < -0.4 is 0 Å². The van der Waals surface area contributed by atoms with Crippen molar-refractivity contribution in [3.05, 3.63) is 102 Å². The Morgan fingerprint density at radius 3 is 2.58 bits per heavy atom. The largest absolute Gasteiger partial charge is 0.341 e. The van der Waals surface area contributed by atoms with E-state index in [1.54, 1.807) is 24.3 Å². The van der Waals surface area contributed by atoms with Crippen molar-refractivity contribution in [3.63, 3.8) is 0 Å². The Morgan fingerprint density at radius 2 is 1.83 bits per heavy atom. The Kier molecular flexibility index (Phi) is 6.86. The number of carbonyl (C=O) groups is 1. The first-order chi connectivity index (χ1) is 17.6. The van der Waals surface area contributed by atoms with E-state index in [0.29, 0.717) is 29.7 Å². The van der Waals surface area contributed by atoms with Crippen LogP contribution in [0.25, 0.3) is 28.3 Å². The van der Waals surface area contributed by atoms with Crippen LogP contribution >= 0.6 is 11.6 Å². The molecule has 0 spiro atoms. The maximum atomic E-state index is 12.9. The Bertz CT molecular complexity index is 1450. The van der Waals surface area contributed by atoms with Crippen molar-refractivity contribution in [2.75, 3.05) is 7.05 Å². The van der Waals surface area contributed by atoms with Gasteiger partial charge in [0.15, 0.2) is 0 Å². The standard InChI is InChI=1S/C27H23ClN6O2/c1-33(25(35)14-13-24-30-27(32-36-24)20-6-5-15-29-16-20)17-21-18-34(23-7-3-2-4-8-23)31-26(21)19-9-11-22(28)12-10-19/h2-12,15-16,18H,13-14,17H2,1H3. The lowest BCUT2D eigenvalue weighted by molar-refractivity contribution is -0.130. The number of nitrogens with zero attached hydrogens (tertiary/aromatic N) is 6. The van der Waals surface area contributed by atoms with Gasteiger partial charge < -0.3 is 9.42 Å². The minimum Gasteiger partial charge on any atom is -0.341 e. The lowest BCUT2D eigenvalue weighted by Gasteiger charge is -2.16. The maximum Gasteiger partial charge on any atom is 0.227 e. The van der Waals surface area contributed by atoms with Gasteiger partial charge in [-0.1, -0.05) is 47.1 Å². The summed E-state index contributed by atoms with van der Waals surface area (Å²) >= 11 is 6.09. The molecule has 5 aromatic rings. The van der Waals surface area contributed by atoms with E-state index < -0.39 is 0 Å². The van der Waals surface area contributed by atoms with Crippen molar-refractivity contribution in [1.29, 1.82) is 0 Å². The molecule has 3 aromatic heterocycles. The highest BCUT2D eigenvalue weighted by molar-refractivity contribution is 6.30. The lowest BCUT2D eigenvalue weighted by atomic mass is 10.1. The zero-order valence-electron chi connectivity index (χ0n) is 19.6. The second-order valence-corrected chi connectivity index (χ2v) is 8.73. The van der Waals surface area contributed by atoms with E-state index >= 15 is 0 Å². The monoisotopic (exact) mass is 498 g/mol. The minimum absolute atomic E-state index is 0.0364. The minimum atomic E-state index is -0.0364. The van der Waals surface area contributed by atoms with Gasteiger partial charge in [0.2, 0.25) is 17.6 Å². The molecule has 0 saturated heterocycles. The fourth-order valence-corrected chi connectivity index (χ4v) is 3.93. The zero-order chi connectivity index (χ0) is 24.9. The van der Waals surface area contributed by atoms with Crippen molar-refractivity contribution >= 4 is 17.5 Å². The van der Waals surface area contributed by atoms with Gasteiger partial charge in [0, 0.05) is 66.7 Å². The van der Waals surface area contributed by atoms with Crippen LogP contribution in [0.3, 0.4) is 0 Å². The molecule has 0 bridgehead atoms. The molecule has 0 radical (unpaired) electrons. The van der Waals surface area contributed by atoms with Crippen molar-refractivity contribution < 1.29 is 9.32 Å². The fraction of sp³-hybridized carbons (Fsp3) is 0.148. The fourth-order valence-electron chi connectivity index (χ4n) is 3.81. The van der Waals surface area contributed by atoms with E-state index in [0.717, 1.165) is 28.1 Å². The molecule has 2 aromatic carbocycles. The summed E-state index contributed by atoms with van der Waals surface area (Å²) in [7, 11) is 1.78. The van der Waals surface area contributed by atoms with E-state index in [-0.39, 0.29) is 12.3 Å². The van der Waals surface area contributed by atoms with Gasteiger partial charge in [0.1, 0.15) is 0 Å². The number of benzene rings is 2. The van der Waals surface area contributed by atoms with Gasteiger partial charge in [-0.3, -0.25) is 9.78 Å². The van der Waals surface area contributed by atoms with Crippen LogP contribution in [0.15, 0.2) is 89.8 Å². The molecule has 0 aliphatic heterocycles. The highest BCUT2D eigenvalue weighted by Gasteiger charge is 2.18. The van der Waals surface area contributed by atoms with E-state index in [1.165, 1.54) is 0 Å². The molecule has 3 heterocycles. The molecular formula is C27H23ClN6O2. The van der Waals surface area contributed by atoms with Crippen LogP contribution in [0.2, 0.25) is 5.02 Å². The summed E-state index contributed by atoms with van der Waals surface area (Å²) in [6.45, 7) is 0.397. The average molecular weight is 499 g/mol. The molecule has 0 unspecified atom stereocenters. The van der Waals surface area contributed by atoms with Crippen molar-refractivity contribution in [2.24, 2.45) is 0 Å². The number of amides is 1. The number of pyridine rings is 1. The number of para-hydroxylation sites is 1. The van der Waals surface area contributed by atoms with E-state index in [9.17, 15) is 4.79 Å². The van der Waals surface area contributed by atoms with Crippen LogP contribution in [0.5, 0.6) is 0 Å². The molecule has 9 heteroatoms. The third kappa shape index (κ3) is 5.34. The Balaban J connectivity index is 1.30. The normalized spacial score (nSPS) is 10.9. The molecule has 180 valence electrons. The summed E-state index contributed by atoms with van der Waals surface area (Å²) in [6, 6.07) is 21.1. The molecule has 0 N–H and O–H groups in total. The predicted octanol–water partition coefficient (Wildman–Crippen LogP) is 5.23. The Morgan fingerprint density at radius 1 is 1.03 bits per heavy atom. The number of hydrogen-bond acceptors (Lipinski definition) is 6. The molecule has 0 fully saturated rings. The highest BCUT2D eigenvalue weighted by atomic mass is 35.5. The molecule has 0 aliphatic rings. The van der Waals surface area contributed by atoms with Gasteiger partial charge in [-0.15, -0.1) is 0 Å². The molecule has 8 nitrogen and oxygen atoms in total. The lowest BCUT2D eigenvalue weighted by Crippen LogP contribution is -2.26. The molecule has 36 heavy (non-hydrogen) atoms. The van der Waals surface area contributed by atoms with E-state index in [4.69, 9.17) is 21.2 Å². The van der Waals surface area contributed by atoms with Gasteiger partial charge in [-0.25, -0.2) is 4.68 Å². The second-order valence-electron chi connectivity index (χ2n) is 8.29. The highest BCUT2D eigenvalue weighted by Crippen LogP contribution is 2.26. The molecule has 0 aliphatic carbocycles. The second kappa shape index (κ2) is 10.5. The molecule has 5 rings (SSSR count). The van der Waals surface area contributed by atoms with E-state index in [1.807, 2.05) is 77.6 Å². The van der Waals surface area contributed by atoms with Crippen LogP contribution in [0.1, 0.15) is 17.9 Å². The molecule has 0 saturated carbocycles. The van der Waals surface area contributed by atoms with Crippen LogP contribution in [-0.2, 0) is 17.8 Å². The number of aromatic nitrogens is 5. The number of rotatable bonds is 8. The first kappa shape index (κ1) is 23.4. The van der Waals surface area contributed by atoms with Gasteiger partial charge in [0.25, 0.3) is 0 Å². The van der Waals surface area contributed by atoms with Crippen LogP contribution in [0, 0.1) is 0 Å². The predicted molar refractivity (Wildman–Crippen MR) is 136 cm³/mol. The number of aryl methyl sites for hydroxylation is 1. The van der Waals surface area contributed by atoms with Crippen molar-refractivity contribution in [3.8, 4) is 28.3 Å². The number of carbonyl (C=O) groups excluding carboxylic acids is 1. The zero-order valence-corrected chi connectivity index (χ0v) is 20.3. The SMILES string of the molecule is CN(Cc1cn(-c2ccccc2)nc1-c1ccc(Cl)cc1)C(=O)CCc1nc(-c2cccnc2)no1. The first-order valence-corrected chi connectivity index (χ1v) is 11.8. The van der Waals surface area contributed by atoms with Gasteiger partial charge in [0.05, 0.1) is 11.4 Å². The first-order valence-electron chi connectivity index (χ1n) is 11.4. The average Bonchev–Trinajstić information content (AvgIpc) is 3.56. The summed E-state index contributed by atoms with van der Waals surface area (Å²) in [4.78, 5) is 23.1. The van der Waals surface area contributed by atoms with E-state index in [2.05, 4.69) is 15.1 Å². The Hall–Kier alpha value is -4.30. The Labute approximate surface area is 213 Å². The number of halogens is 1. The third-order valence-corrected chi connectivity index (χ3v) is 5.95. The van der Waals surface area contributed by atoms with Crippen molar-refractivity contribution in [1.82, 2.24) is 29.8 Å². The van der Waals surface area contributed by atoms with Crippen LogP contribution in [0.4, 0.5) is 0 Å². The number of hydrogen-bond donors (Lipinski definition) is 0. The summed E-state index contributed by atoms with van der Waals surface area (Å²) in [5.74, 6) is 0.833. The molecule has 1 amide bonds. The van der Waals surface area contributed by atoms with Gasteiger partial charge in [-0.2, -0.15) is 10.1 Å². The third-order valence-electron chi connectivity index (χ3n) is 5.70. The van der Waals surface area contributed by atoms with Crippen LogP contribution in [-0.4, -0.2) is 42.8 Å². The summed E-state index contributed by atoms with van der Waals surface area (Å²) < 4.78 is 7.15. The van der Waals surface area contributed by atoms with Crippen molar-refractivity contribution in [2.45, 2.75) is 19.4 Å². The topological polar surface area (TPSA) is 89.9 Å². The summed E-state index contributed by atoms with van der Waals surface area (Å²) in [5.41, 5.74) is 4.36. The maximum absolute atomic E-state index is 12.9. The smallest absolute Gasteiger partial charge is 0.227 e. The molecular weight excluding hydrogens is 476 g/mol. The van der Waals surface area contributed by atoms with Gasteiger partial charge >= 0.3 is 0 Å². The quantitative estimate of drug-likeness (QED) is 0.291. The summed E-state index contributed by atoms with van der Waals surface area (Å²) in [6.07, 6.45) is 5.90. The van der Waals surface area contributed by atoms with Gasteiger partial charge in [-0.05, 0) is 36.4 Å². The summed E-state index contributed by atoms with van der Waals surface area (Å²) in [5, 5.41) is 9.46.